The number of hydrogen-bond acceptors (Lipinski definition) is 4. The van der Waals surface area contributed by atoms with E-state index in [2.05, 4.69) is 20.0 Å². The Balaban J connectivity index is 1.33. The van der Waals surface area contributed by atoms with Crippen molar-refractivity contribution in [2.75, 3.05) is 6.61 Å². The fourth-order valence-corrected chi connectivity index (χ4v) is 3.39. The van der Waals surface area contributed by atoms with Gasteiger partial charge in [0, 0.05) is 22.9 Å². The fraction of sp³-hybridized carbons (Fsp3) is 0.318. The van der Waals surface area contributed by atoms with Crippen LogP contribution < -0.4 is 10.1 Å². The van der Waals surface area contributed by atoms with Gasteiger partial charge in [-0.15, -0.1) is 0 Å². The molecular formula is C22H20F3N3O2. The summed E-state index contributed by atoms with van der Waals surface area (Å²) in [6.45, 7) is 0.411. The number of amides is 1. The van der Waals surface area contributed by atoms with Crippen molar-refractivity contribution < 1.29 is 22.7 Å². The quantitative estimate of drug-likeness (QED) is 0.642. The van der Waals surface area contributed by atoms with Gasteiger partial charge in [0.05, 0.1) is 23.4 Å². The smallest absolute Gasteiger partial charge is 0.422 e. The molecule has 2 aromatic heterocycles. The Morgan fingerprint density at radius 3 is 2.73 bits per heavy atom. The van der Waals surface area contributed by atoms with Crippen LogP contribution in [0.4, 0.5) is 13.2 Å². The van der Waals surface area contributed by atoms with Crippen LogP contribution in [0.1, 0.15) is 36.7 Å². The summed E-state index contributed by atoms with van der Waals surface area (Å²) in [4.78, 5) is 21.4. The second kappa shape index (κ2) is 7.93. The summed E-state index contributed by atoms with van der Waals surface area (Å²) in [6, 6.07) is 14.4. The van der Waals surface area contributed by atoms with Gasteiger partial charge < -0.3 is 10.1 Å². The third kappa shape index (κ3) is 4.69. The molecule has 0 radical (unpaired) electrons. The number of aromatic nitrogens is 2. The minimum atomic E-state index is -4.40. The zero-order valence-electron chi connectivity index (χ0n) is 16.2. The molecule has 2 unspecified atom stereocenters. The van der Waals surface area contributed by atoms with E-state index in [1.54, 1.807) is 13.0 Å². The number of ether oxygens (including phenoxy) is 1. The fourth-order valence-electron chi connectivity index (χ4n) is 3.39. The number of fused-ring (bicyclic) bond motifs is 1. The molecule has 1 N–H and O–H groups in total. The highest BCUT2D eigenvalue weighted by molar-refractivity contribution is 5.84. The van der Waals surface area contributed by atoms with Crippen LogP contribution in [0.5, 0.6) is 5.75 Å². The largest absolute Gasteiger partial charge is 0.483 e. The van der Waals surface area contributed by atoms with Gasteiger partial charge in [-0.1, -0.05) is 24.3 Å². The molecule has 5 nitrogen and oxygen atoms in total. The van der Waals surface area contributed by atoms with Gasteiger partial charge in [0.15, 0.2) is 6.61 Å². The Morgan fingerprint density at radius 1 is 1.20 bits per heavy atom. The van der Waals surface area contributed by atoms with Crippen LogP contribution in [0.15, 0.2) is 54.7 Å². The number of rotatable bonds is 6. The van der Waals surface area contributed by atoms with Crippen molar-refractivity contribution in [3.63, 3.8) is 0 Å². The van der Waals surface area contributed by atoms with Gasteiger partial charge in [-0.2, -0.15) is 13.2 Å². The summed E-state index contributed by atoms with van der Waals surface area (Å²) < 4.78 is 41.3. The van der Waals surface area contributed by atoms with Crippen molar-refractivity contribution in [1.82, 2.24) is 15.3 Å². The molecule has 2 heterocycles. The summed E-state index contributed by atoms with van der Waals surface area (Å²) in [6.07, 6.45) is -2.44. The van der Waals surface area contributed by atoms with E-state index in [9.17, 15) is 18.0 Å². The average molecular weight is 415 g/mol. The predicted octanol–water partition coefficient (Wildman–Crippen LogP) is 4.55. The second-order valence-corrected chi connectivity index (χ2v) is 7.43. The third-order valence-corrected chi connectivity index (χ3v) is 5.09. The lowest BCUT2D eigenvalue weighted by molar-refractivity contribution is -0.153. The average Bonchev–Trinajstić information content (AvgIpc) is 3.53. The van der Waals surface area contributed by atoms with Crippen LogP contribution in [-0.2, 0) is 4.79 Å². The maximum absolute atomic E-state index is 12.6. The molecule has 3 atom stereocenters. The lowest BCUT2D eigenvalue weighted by Gasteiger charge is -2.14. The van der Waals surface area contributed by atoms with Gasteiger partial charge in [0.2, 0.25) is 5.91 Å². The summed E-state index contributed by atoms with van der Waals surface area (Å²) in [5.74, 6) is -0.107. The summed E-state index contributed by atoms with van der Waals surface area (Å²) in [5.41, 5.74) is 2.36. The number of nitrogens with one attached hydrogen (secondary N) is 1. The number of hydrogen-bond donors (Lipinski definition) is 1. The van der Waals surface area contributed by atoms with E-state index < -0.39 is 12.8 Å². The Morgan fingerprint density at radius 2 is 2.00 bits per heavy atom. The van der Waals surface area contributed by atoms with Crippen LogP contribution in [-0.4, -0.2) is 28.7 Å². The molecular weight excluding hydrogens is 395 g/mol. The number of alkyl halides is 3. The van der Waals surface area contributed by atoms with Crippen molar-refractivity contribution in [2.24, 2.45) is 5.92 Å². The third-order valence-electron chi connectivity index (χ3n) is 5.09. The Kier molecular flexibility index (Phi) is 5.32. The molecule has 1 aromatic carbocycles. The van der Waals surface area contributed by atoms with Gasteiger partial charge in [-0.3, -0.25) is 14.8 Å². The molecule has 0 saturated heterocycles. The van der Waals surface area contributed by atoms with Gasteiger partial charge in [0.25, 0.3) is 0 Å². The molecule has 1 saturated carbocycles. The summed E-state index contributed by atoms with van der Waals surface area (Å²) in [7, 11) is 0. The SMILES string of the molecule is C[C@@H](NC(=O)C1CC1c1ccc2ccccc2n1)c1ccc(OCC(F)(F)F)cn1. The summed E-state index contributed by atoms with van der Waals surface area (Å²) in [5, 5.41) is 3.98. The van der Waals surface area contributed by atoms with Gasteiger partial charge in [-0.25, -0.2) is 0 Å². The number of pyridine rings is 2. The standard InChI is InChI=1S/C22H20F3N3O2/c1-13(18-9-7-15(11-26-18)30-12-22(23,24)25)27-21(29)17-10-16(17)20-8-6-14-4-2-3-5-19(14)28-20/h2-9,11,13,16-17H,10,12H2,1H3,(H,27,29)/t13-,16?,17?/m1/s1. The minimum absolute atomic E-state index is 0.0271. The lowest BCUT2D eigenvalue weighted by atomic mass is 10.1. The first-order valence-corrected chi connectivity index (χ1v) is 9.62. The molecule has 0 bridgehead atoms. The number of benzene rings is 1. The van der Waals surface area contributed by atoms with Gasteiger partial charge in [-0.05, 0) is 37.6 Å². The van der Waals surface area contributed by atoms with Crippen molar-refractivity contribution in [3.8, 4) is 5.75 Å². The number of nitrogens with zero attached hydrogens (tertiary/aromatic N) is 2. The number of halogens is 3. The highest BCUT2D eigenvalue weighted by Gasteiger charge is 2.45. The molecule has 156 valence electrons. The van der Waals surface area contributed by atoms with E-state index in [1.165, 1.54) is 12.3 Å². The minimum Gasteiger partial charge on any atom is -0.483 e. The van der Waals surface area contributed by atoms with Crippen molar-refractivity contribution in [3.05, 3.63) is 66.1 Å². The first kappa shape index (κ1) is 20.1. The van der Waals surface area contributed by atoms with Crippen LogP contribution in [0, 0.1) is 5.92 Å². The van der Waals surface area contributed by atoms with Crippen LogP contribution >= 0.6 is 0 Å². The number of carbonyl (C=O) groups is 1. The first-order valence-electron chi connectivity index (χ1n) is 9.62. The molecule has 30 heavy (non-hydrogen) atoms. The lowest BCUT2D eigenvalue weighted by Crippen LogP contribution is -2.29. The molecule has 1 fully saturated rings. The molecule has 3 aromatic rings. The molecule has 0 aliphatic heterocycles. The van der Waals surface area contributed by atoms with Crippen LogP contribution in [0.3, 0.4) is 0 Å². The van der Waals surface area contributed by atoms with Crippen LogP contribution in [0.2, 0.25) is 0 Å². The van der Waals surface area contributed by atoms with E-state index in [1.807, 2.05) is 36.4 Å². The Hall–Kier alpha value is -3.16. The number of carbonyl (C=O) groups excluding carboxylic acids is 1. The zero-order valence-corrected chi connectivity index (χ0v) is 16.2. The molecule has 1 amide bonds. The van der Waals surface area contributed by atoms with Crippen molar-refractivity contribution >= 4 is 16.8 Å². The maximum Gasteiger partial charge on any atom is 0.422 e. The molecule has 0 spiro atoms. The molecule has 1 aliphatic carbocycles. The topological polar surface area (TPSA) is 64.1 Å². The highest BCUT2D eigenvalue weighted by atomic mass is 19.4. The second-order valence-electron chi connectivity index (χ2n) is 7.43. The monoisotopic (exact) mass is 415 g/mol. The summed E-state index contributed by atoms with van der Waals surface area (Å²) >= 11 is 0. The van der Waals surface area contributed by atoms with E-state index in [0.717, 1.165) is 23.0 Å². The van der Waals surface area contributed by atoms with E-state index in [4.69, 9.17) is 0 Å². The molecule has 1 aliphatic rings. The van der Waals surface area contributed by atoms with Gasteiger partial charge >= 0.3 is 6.18 Å². The normalized spacial score (nSPS) is 19.3. The van der Waals surface area contributed by atoms with E-state index >= 15 is 0 Å². The zero-order chi connectivity index (χ0) is 21.3. The van der Waals surface area contributed by atoms with E-state index in [0.29, 0.717) is 5.69 Å². The first-order chi connectivity index (χ1) is 14.3. The van der Waals surface area contributed by atoms with Crippen molar-refractivity contribution in [1.29, 1.82) is 0 Å². The number of para-hydroxylation sites is 1. The molecule has 4 rings (SSSR count). The van der Waals surface area contributed by atoms with Crippen molar-refractivity contribution in [2.45, 2.75) is 31.5 Å². The highest BCUT2D eigenvalue weighted by Crippen LogP contribution is 2.47. The Labute approximate surface area is 171 Å². The Bertz CT molecular complexity index is 1050. The van der Waals surface area contributed by atoms with Crippen LogP contribution in [0.25, 0.3) is 10.9 Å². The molecule has 8 heteroatoms. The van der Waals surface area contributed by atoms with Gasteiger partial charge in [0.1, 0.15) is 5.75 Å². The predicted molar refractivity (Wildman–Crippen MR) is 105 cm³/mol. The maximum atomic E-state index is 12.6. The van der Waals surface area contributed by atoms with E-state index in [-0.39, 0.29) is 29.5 Å².